The summed E-state index contributed by atoms with van der Waals surface area (Å²) in [7, 11) is 0. The van der Waals surface area contributed by atoms with Crippen molar-refractivity contribution in [1.82, 2.24) is 0 Å². The van der Waals surface area contributed by atoms with Crippen LogP contribution >= 0.6 is 11.8 Å². The highest BCUT2D eigenvalue weighted by atomic mass is 32.2. The quantitative estimate of drug-likeness (QED) is 0.456. The van der Waals surface area contributed by atoms with E-state index in [0.717, 1.165) is 0 Å². The van der Waals surface area contributed by atoms with Crippen LogP contribution in [0.3, 0.4) is 0 Å². The van der Waals surface area contributed by atoms with Gasteiger partial charge in [-0.3, -0.25) is 5.41 Å². The summed E-state index contributed by atoms with van der Waals surface area (Å²) in [5, 5.41) is 7.38. The van der Waals surface area contributed by atoms with Crippen LogP contribution in [0.5, 0.6) is 0 Å². The Kier molecular flexibility index (Phi) is 3.58. The average Bonchev–Trinajstić information content (AvgIpc) is 2.11. The van der Waals surface area contributed by atoms with E-state index in [-0.39, 0.29) is 11.1 Å². The van der Waals surface area contributed by atoms with Crippen LogP contribution in [-0.2, 0) is 0 Å². The maximum absolute atomic E-state index is 7.33. The van der Waals surface area contributed by atoms with Crippen LogP contribution in [0.1, 0.15) is 18.1 Å². The predicted molar refractivity (Wildman–Crippen MR) is 63.1 cm³/mol. The van der Waals surface area contributed by atoms with Crippen LogP contribution in [0.25, 0.3) is 0 Å². The summed E-state index contributed by atoms with van der Waals surface area (Å²) in [4.78, 5) is 1.22. The van der Waals surface area contributed by atoms with E-state index in [4.69, 9.17) is 11.1 Å². The van der Waals surface area contributed by atoms with Gasteiger partial charge in [-0.15, -0.1) is 11.8 Å². The molecule has 0 radical (unpaired) electrons. The lowest BCUT2D eigenvalue weighted by atomic mass is 10.2. The average molecular weight is 208 g/mol. The Hall–Kier alpha value is -0.960. The number of rotatable bonds is 3. The number of amidine groups is 1. The van der Waals surface area contributed by atoms with Crippen molar-refractivity contribution in [3.63, 3.8) is 0 Å². The molecule has 3 N–H and O–H groups in total. The van der Waals surface area contributed by atoms with Crippen molar-refractivity contribution in [2.24, 2.45) is 5.73 Å². The highest BCUT2D eigenvalue weighted by molar-refractivity contribution is 8.00. The van der Waals surface area contributed by atoms with Gasteiger partial charge in [-0.05, 0) is 32.4 Å². The number of aryl methyl sites for hydroxylation is 2. The molecule has 0 saturated carbocycles. The van der Waals surface area contributed by atoms with E-state index in [9.17, 15) is 0 Å². The van der Waals surface area contributed by atoms with E-state index in [1.165, 1.54) is 16.0 Å². The first-order valence-corrected chi connectivity index (χ1v) is 5.46. The molecule has 0 aliphatic carbocycles. The van der Waals surface area contributed by atoms with Gasteiger partial charge in [0, 0.05) is 4.90 Å². The molecule has 2 nitrogen and oxygen atoms in total. The molecule has 0 amide bonds. The van der Waals surface area contributed by atoms with E-state index in [1.54, 1.807) is 11.8 Å². The van der Waals surface area contributed by atoms with Gasteiger partial charge in [0.15, 0.2) is 0 Å². The highest BCUT2D eigenvalue weighted by Crippen LogP contribution is 2.27. The Morgan fingerprint density at radius 2 is 2.07 bits per heavy atom. The van der Waals surface area contributed by atoms with Gasteiger partial charge >= 0.3 is 0 Å². The first-order chi connectivity index (χ1) is 6.50. The van der Waals surface area contributed by atoms with Crippen LogP contribution in [0.2, 0.25) is 0 Å². The number of thioether (sulfide) groups is 1. The van der Waals surface area contributed by atoms with Gasteiger partial charge in [0.05, 0.1) is 5.25 Å². The molecule has 1 unspecified atom stereocenters. The van der Waals surface area contributed by atoms with Crippen molar-refractivity contribution in [3.8, 4) is 0 Å². The van der Waals surface area contributed by atoms with Crippen molar-refractivity contribution in [1.29, 1.82) is 5.41 Å². The molecule has 1 rings (SSSR count). The SMILES string of the molecule is Cc1ccc(C)c(SC(C)C(=N)N)c1. The summed E-state index contributed by atoms with van der Waals surface area (Å²) in [5.74, 6) is 0.232. The number of nitrogens with one attached hydrogen (secondary N) is 1. The summed E-state index contributed by atoms with van der Waals surface area (Å²) < 4.78 is 0. The Bertz CT molecular complexity index is 347. The van der Waals surface area contributed by atoms with E-state index >= 15 is 0 Å². The monoisotopic (exact) mass is 208 g/mol. The molecule has 14 heavy (non-hydrogen) atoms. The summed E-state index contributed by atoms with van der Waals surface area (Å²) >= 11 is 1.64. The van der Waals surface area contributed by atoms with E-state index in [0.29, 0.717) is 0 Å². The van der Waals surface area contributed by atoms with Gasteiger partial charge < -0.3 is 5.73 Å². The molecule has 3 heteroatoms. The molecule has 0 bridgehead atoms. The summed E-state index contributed by atoms with van der Waals surface area (Å²) in [6.07, 6.45) is 0. The van der Waals surface area contributed by atoms with Crippen molar-refractivity contribution in [3.05, 3.63) is 29.3 Å². The summed E-state index contributed by atoms with van der Waals surface area (Å²) in [5.41, 5.74) is 7.92. The Morgan fingerprint density at radius 3 is 2.64 bits per heavy atom. The van der Waals surface area contributed by atoms with Gasteiger partial charge in [0.1, 0.15) is 5.84 Å². The van der Waals surface area contributed by atoms with E-state index < -0.39 is 0 Å². The smallest absolute Gasteiger partial charge is 0.104 e. The molecule has 0 aromatic heterocycles. The molecule has 0 spiro atoms. The number of nitrogens with two attached hydrogens (primary N) is 1. The van der Waals surface area contributed by atoms with E-state index in [1.807, 2.05) is 6.92 Å². The minimum Gasteiger partial charge on any atom is -0.387 e. The molecule has 76 valence electrons. The lowest BCUT2D eigenvalue weighted by Crippen LogP contribution is -2.21. The van der Waals surface area contributed by atoms with Crippen LogP contribution in [-0.4, -0.2) is 11.1 Å². The van der Waals surface area contributed by atoms with Gasteiger partial charge in [-0.2, -0.15) is 0 Å². The maximum Gasteiger partial charge on any atom is 0.104 e. The molecule has 0 heterocycles. The molecule has 1 aromatic rings. The normalized spacial score (nSPS) is 12.5. The third kappa shape index (κ3) is 2.77. The Labute approximate surface area is 89.4 Å². The predicted octanol–water partition coefficient (Wildman–Crippen LogP) is 2.72. The van der Waals surface area contributed by atoms with Crippen LogP contribution < -0.4 is 5.73 Å². The van der Waals surface area contributed by atoms with Gasteiger partial charge in [-0.25, -0.2) is 0 Å². The summed E-state index contributed by atoms with van der Waals surface area (Å²) in [6, 6.07) is 6.34. The van der Waals surface area contributed by atoms with Gasteiger partial charge in [-0.1, -0.05) is 17.7 Å². The van der Waals surface area contributed by atoms with Crippen molar-refractivity contribution < 1.29 is 0 Å². The fraction of sp³-hybridized carbons (Fsp3) is 0.364. The van der Waals surface area contributed by atoms with Crippen molar-refractivity contribution >= 4 is 17.6 Å². The molecular formula is C11H16N2S. The topological polar surface area (TPSA) is 49.9 Å². The third-order valence-corrected chi connectivity index (χ3v) is 3.39. The van der Waals surface area contributed by atoms with Crippen LogP contribution in [0.4, 0.5) is 0 Å². The lowest BCUT2D eigenvalue weighted by Gasteiger charge is -2.11. The highest BCUT2D eigenvalue weighted by Gasteiger charge is 2.08. The van der Waals surface area contributed by atoms with Gasteiger partial charge in [0.2, 0.25) is 0 Å². The molecule has 1 aromatic carbocycles. The second-order valence-electron chi connectivity index (χ2n) is 3.48. The molecule has 1 atom stereocenters. The number of hydrogen-bond donors (Lipinski definition) is 2. The first-order valence-electron chi connectivity index (χ1n) is 4.58. The van der Waals surface area contributed by atoms with Crippen LogP contribution in [0.15, 0.2) is 23.1 Å². The Balaban J connectivity index is 2.85. The van der Waals surface area contributed by atoms with Crippen molar-refractivity contribution in [2.45, 2.75) is 30.9 Å². The number of hydrogen-bond acceptors (Lipinski definition) is 2. The lowest BCUT2D eigenvalue weighted by molar-refractivity contribution is 1.20. The molecule has 0 fully saturated rings. The zero-order chi connectivity index (χ0) is 10.7. The molecule has 0 saturated heterocycles. The largest absolute Gasteiger partial charge is 0.387 e. The standard InChI is InChI=1S/C11H16N2S/c1-7-4-5-8(2)10(6-7)14-9(3)11(12)13/h4-6,9H,1-3H3,(H3,12,13). The zero-order valence-electron chi connectivity index (χ0n) is 8.79. The van der Waals surface area contributed by atoms with Gasteiger partial charge in [0.25, 0.3) is 0 Å². The zero-order valence-corrected chi connectivity index (χ0v) is 9.61. The first kappa shape index (κ1) is 11.1. The van der Waals surface area contributed by atoms with E-state index in [2.05, 4.69) is 32.0 Å². The number of benzene rings is 1. The van der Waals surface area contributed by atoms with Crippen LogP contribution in [0, 0.1) is 19.3 Å². The summed E-state index contributed by atoms with van der Waals surface area (Å²) in [6.45, 7) is 6.10. The minimum absolute atomic E-state index is 0.0514. The van der Waals surface area contributed by atoms with Crippen molar-refractivity contribution in [2.75, 3.05) is 0 Å². The minimum atomic E-state index is 0.0514. The fourth-order valence-electron chi connectivity index (χ4n) is 1.09. The Morgan fingerprint density at radius 1 is 1.43 bits per heavy atom. The second-order valence-corrected chi connectivity index (χ2v) is 4.87. The third-order valence-electron chi connectivity index (χ3n) is 2.09. The second kappa shape index (κ2) is 4.51. The molecular weight excluding hydrogens is 192 g/mol. The molecule has 0 aliphatic heterocycles. The fourth-order valence-corrected chi connectivity index (χ4v) is 2.10. The molecule has 0 aliphatic rings. The maximum atomic E-state index is 7.33.